The third kappa shape index (κ3) is 2.31. The first-order valence-corrected chi connectivity index (χ1v) is 8.14. The van der Waals surface area contributed by atoms with Crippen molar-refractivity contribution in [3.05, 3.63) is 23.8 Å². The van der Waals surface area contributed by atoms with Crippen molar-refractivity contribution < 1.29 is 18.3 Å². The number of sulfonamides is 1. The van der Waals surface area contributed by atoms with Gasteiger partial charge in [0.1, 0.15) is 0 Å². The molecule has 0 amide bonds. The molecule has 3 rings (SSSR count). The maximum absolute atomic E-state index is 12.7. The van der Waals surface area contributed by atoms with E-state index in [9.17, 15) is 13.5 Å². The van der Waals surface area contributed by atoms with Crippen molar-refractivity contribution in [2.75, 3.05) is 38.2 Å². The maximum atomic E-state index is 12.7. The normalized spacial score (nSPS) is 23.4. The molecule has 1 aromatic carbocycles. The summed E-state index contributed by atoms with van der Waals surface area (Å²) in [6.45, 7) is 1.49. The van der Waals surface area contributed by atoms with Gasteiger partial charge in [-0.05, 0) is 30.2 Å². The lowest BCUT2D eigenvalue weighted by Crippen LogP contribution is -2.50. The van der Waals surface area contributed by atoms with E-state index in [-0.39, 0.29) is 19.8 Å². The number of morpholine rings is 1. The van der Waals surface area contributed by atoms with Crippen LogP contribution in [0.2, 0.25) is 0 Å². The van der Waals surface area contributed by atoms with Gasteiger partial charge in [0.05, 0.1) is 30.8 Å². The molecule has 6 nitrogen and oxygen atoms in total. The van der Waals surface area contributed by atoms with E-state index in [4.69, 9.17) is 4.74 Å². The molecule has 1 aromatic rings. The van der Waals surface area contributed by atoms with Crippen LogP contribution in [-0.4, -0.2) is 56.8 Å². The van der Waals surface area contributed by atoms with Crippen LogP contribution in [0.1, 0.15) is 5.56 Å². The molecule has 1 atom stereocenters. The largest absolute Gasteiger partial charge is 0.395 e. The van der Waals surface area contributed by atoms with Crippen LogP contribution >= 0.6 is 0 Å². The highest BCUT2D eigenvalue weighted by molar-refractivity contribution is 7.89. The average molecular weight is 298 g/mol. The minimum absolute atomic E-state index is 0.230. The minimum atomic E-state index is -3.58. The molecule has 0 aliphatic carbocycles. The summed E-state index contributed by atoms with van der Waals surface area (Å²) in [6, 6.07) is 4.66. The second-order valence-corrected chi connectivity index (χ2v) is 6.91. The van der Waals surface area contributed by atoms with E-state index in [1.165, 1.54) is 4.31 Å². The summed E-state index contributed by atoms with van der Waals surface area (Å²) < 4.78 is 32.0. The molecular formula is C13H18N2O4S. The SMILES string of the molecule is O=S(=O)(c1ccc2c(c1)CCN2)N1CCOCC1CO. The van der Waals surface area contributed by atoms with E-state index >= 15 is 0 Å². The summed E-state index contributed by atoms with van der Waals surface area (Å²) >= 11 is 0. The number of benzene rings is 1. The van der Waals surface area contributed by atoms with Crippen molar-refractivity contribution >= 4 is 15.7 Å². The van der Waals surface area contributed by atoms with Crippen LogP contribution in [0.25, 0.3) is 0 Å². The first-order valence-electron chi connectivity index (χ1n) is 6.70. The van der Waals surface area contributed by atoms with Crippen LogP contribution < -0.4 is 5.32 Å². The molecule has 1 fully saturated rings. The highest BCUT2D eigenvalue weighted by Gasteiger charge is 2.34. The van der Waals surface area contributed by atoms with E-state index in [0.717, 1.165) is 24.2 Å². The molecule has 0 bridgehead atoms. The first kappa shape index (κ1) is 13.8. The number of rotatable bonds is 3. The zero-order valence-corrected chi connectivity index (χ0v) is 11.9. The molecule has 1 unspecified atom stereocenters. The van der Waals surface area contributed by atoms with E-state index in [1.54, 1.807) is 12.1 Å². The number of hydrogen-bond donors (Lipinski definition) is 2. The Morgan fingerprint density at radius 2 is 2.30 bits per heavy atom. The van der Waals surface area contributed by atoms with E-state index in [1.807, 2.05) is 6.07 Å². The summed E-state index contributed by atoms with van der Waals surface area (Å²) in [4.78, 5) is 0.292. The third-order valence-electron chi connectivity index (χ3n) is 3.78. The van der Waals surface area contributed by atoms with Gasteiger partial charge in [-0.1, -0.05) is 0 Å². The standard InChI is InChI=1S/C13H18N2O4S/c16-8-11-9-19-6-5-15(11)20(17,18)12-1-2-13-10(7-12)3-4-14-13/h1-2,7,11,14,16H,3-6,8-9H2. The number of aliphatic hydroxyl groups is 1. The lowest BCUT2D eigenvalue weighted by molar-refractivity contribution is 0.0109. The first-order chi connectivity index (χ1) is 9.63. The number of nitrogens with one attached hydrogen (secondary N) is 1. The van der Waals surface area contributed by atoms with Gasteiger partial charge in [-0.15, -0.1) is 0 Å². The number of fused-ring (bicyclic) bond motifs is 1. The lowest BCUT2D eigenvalue weighted by atomic mass is 10.2. The zero-order chi connectivity index (χ0) is 14.2. The van der Waals surface area contributed by atoms with Gasteiger partial charge in [0, 0.05) is 18.8 Å². The van der Waals surface area contributed by atoms with Gasteiger partial charge in [-0.3, -0.25) is 0 Å². The fourth-order valence-electron chi connectivity index (χ4n) is 2.68. The van der Waals surface area contributed by atoms with Gasteiger partial charge in [-0.25, -0.2) is 8.42 Å². The van der Waals surface area contributed by atoms with Crippen LogP contribution in [-0.2, 0) is 21.2 Å². The molecule has 7 heteroatoms. The van der Waals surface area contributed by atoms with E-state index in [0.29, 0.717) is 11.5 Å². The van der Waals surface area contributed by atoms with E-state index in [2.05, 4.69) is 5.32 Å². The number of ether oxygens (including phenoxy) is 1. The Labute approximate surface area is 118 Å². The molecule has 0 spiro atoms. The fourth-order valence-corrected chi connectivity index (χ4v) is 4.31. The molecule has 2 heterocycles. The van der Waals surface area contributed by atoms with Gasteiger partial charge < -0.3 is 15.2 Å². The van der Waals surface area contributed by atoms with Crippen molar-refractivity contribution in [2.24, 2.45) is 0 Å². The summed E-state index contributed by atoms with van der Waals surface area (Å²) in [6.07, 6.45) is 0.839. The van der Waals surface area contributed by atoms with Crippen LogP contribution in [0.4, 0.5) is 5.69 Å². The highest BCUT2D eigenvalue weighted by Crippen LogP contribution is 2.27. The Morgan fingerprint density at radius 1 is 1.45 bits per heavy atom. The zero-order valence-electron chi connectivity index (χ0n) is 11.1. The Balaban J connectivity index is 1.94. The molecular weight excluding hydrogens is 280 g/mol. The Bertz CT molecular complexity index is 602. The molecule has 1 saturated heterocycles. The van der Waals surface area contributed by atoms with Gasteiger partial charge in [0.2, 0.25) is 10.0 Å². The smallest absolute Gasteiger partial charge is 0.243 e. The Morgan fingerprint density at radius 3 is 3.10 bits per heavy atom. The van der Waals surface area contributed by atoms with Gasteiger partial charge in [-0.2, -0.15) is 4.31 Å². The Hall–Kier alpha value is -1.15. The molecule has 2 N–H and O–H groups in total. The molecule has 0 saturated carbocycles. The summed E-state index contributed by atoms with van der Waals surface area (Å²) in [7, 11) is -3.58. The summed E-state index contributed by atoms with van der Waals surface area (Å²) in [5.74, 6) is 0. The average Bonchev–Trinajstić information content (AvgIpc) is 2.94. The van der Waals surface area contributed by atoms with Crippen molar-refractivity contribution in [2.45, 2.75) is 17.4 Å². The number of nitrogens with zero attached hydrogens (tertiary/aromatic N) is 1. The molecule has 2 aliphatic heterocycles. The summed E-state index contributed by atoms with van der Waals surface area (Å²) in [5, 5.41) is 12.5. The predicted molar refractivity (Wildman–Crippen MR) is 74.2 cm³/mol. The molecule has 0 aromatic heterocycles. The number of anilines is 1. The number of aliphatic hydroxyl groups excluding tert-OH is 1. The van der Waals surface area contributed by atoms with E-state index < -0.39 is 16.1 Å². The summed E-state index contributed by atoms with van der Waals surface area (Å²) in [5.41, 5.74) is 2.03. The quantitative estimate of drug-likeness (QED) is 0.823. The fraction of sp³-hybridized carbons (Fsp3) is 0.538. The molecule has 2 aliphatic rings. The lowest BCUT2D eigenvalue weighted by Gasteiger charge is -2.33. The van der Waals surface area contributed by atoms with Gasteiger partial charge in [0.15, 0.2) is 0 Å². The van der Waals surface area contributed by atoms with Crippen LogP contribution in [0.3, 0.4) is 0 Å². The Kier molecular flexibility index (Phi) is 3.68. The monoisotopic (exact) mass is 298 g/mol. The molecule has 110 valence electrons. The third-order valence-corrected chi connectivity index (χ3v) is 5.73. The highest BCUT2D eigenvalue weighted by atomic mass is 32.2. The van der Waals surface area contributed by atoms with Crippen LogP contribution in [0, 0.1) is 0 Å². The van der Waals surface area contributed by atoms with Crippen LogP contribution in [0.5, 0.6) is 0 Å². The van der Waals surface area contributed by atoms with Gasteiger partial charge >= 0.3 is 0 Å². The van der Waals surface area contributed by atoms with Crippen molar-refractivity contribution in [1.82, 2.24) is 4.31 Å². The number of hydrogen-bond acceptors (Lipinski definition) is 5. The molecule has 0 radical (unpaired) electrons. The maximum Gasteiger partial charge on any atom is 0.243 e. The second-order valence-electron chi connectivity index (χ2n) is 5.02. The topological polar surface area (TPSA) is 78.9 Å². The second kappa shape index (κ2) is 5.33. The van der Waals surface area contributed by atoms with Crippen LogP contribution in [0.15, 0.2) is 23.1 Å². The van der Waals surface area contributed by atoms with Crippen molar-refractivity contribution in [3.8, 4) is 0 Å². The van der Waals surface area contributed by atoms with Gasteiger partial charge in [0.25, 0.3) is 0 Å². The predicted octanol–water partition coefficient (Wildman–Crippen LogP) is 0.0364. The molecule has 20 heavy (non-hydrogen) atoms. The van der Waals surface area contributed by atoms with Crippen molar-refractivity contribution in [3.63, 3.8) is 0 Å². The minimum Gasteiger partial charge on any atom is -0.395 e. The van der Waals surface area contributed by atoms with Crippen molar-refractivity contribution in [1.29, 1.82) is 0 Å².